The summed E-state index contributed by atoms with van der Waals surface area (Å²) in [5, 5.41) is 0.187. The quantitative estimate of drug-likeness (QED) is 0.876. The lowest BCUT2D eigenvalue weighted by Gasteiger charge is -2.22. The van der Waals surface area contributed by atoms with Gasteiger partial charge >= 0.3 is 0 Å². The van der Waals surface area contributed by atoms with E-state index in [1.54, 1.807) is 43.3 Å². The summed E-state index contributed by atoms with van der Waals surface area (Å²) in [6.45, 7) is 2.09. The number of hydrogen-bond donors (Lipinski definition) is 1. The van der Waals surface area contributed by atoms with Crippen LogP contribution in [0.1, 0.15) is 17.3 Å². The number of amides is 1. The minimum absolute atomic E-state index is 0.187. The molecule has 104 valence electrons. The Bertz CT molecular complexity index is 646. The van der Waals surface area contributed by atoms with Crippen molar-refractivity contribution in [3.05, 3.63) is 58.9 Å². The lowest BCUT2D eigenvalue weighted by Crippen LogP contribution is -2.31. The summed E-state index contributed by atoms with van der Waals surface area (Å²) < 4.78 is 13.8. The van der Waals surface area contributed by atoms with Gasteiger partial charge in [0.2, 0.25) is 0 Å². The second kappa shape index (κ2) is 5.92. The van der Waals surface area contributed by atoms with E-state index in [9.17, 15) is 9.18 Å². The number of hydrogen-bond acceptors (Lipinski definition) is 2. The van der Waals surface area contributed by atoms with Crippen LogP contribution in [0.5, 0.6) is 0 Å². The van der Waals surface area contributed by atoms with Crippen molar-refractivity contribution in [2.75, 3.05) is 17.2 Å². The summed E-state index contributed by atoms with van der Waals surface area (Å²) in [6, 6.07) is 10.9. The number of carbonyl (C=O) groups excluding carboxylic acids is 1. The third-order valence-electron chi connectivity index (χ3n) is 2.96. The van der Waals surface area contributed by atoms with Crippen LogP contribution in [0.2, 0.25) is 5.02 Å². The first-order valence-electron chi connectivity index (χ1n) is 6.16. The summed E-state index contributed by atoms with van der Waals surface area (Å²) in [4.78, 5) is 13.9. The van der Waals surface area contributed by atoms with E-state index in [0.717, 1.165) is 0 Å². The van der Waals surface area contributed by atoms with Crippen molar-refractivity contribution in [1.29, 1.82) is 0 Å². The van der Waals surface area contributed by atoms with Gasteiger partial charge in [0.15, 0.2) is 0 Å². The Labute approximate surface area is 121 Å². The molecule has 3 nitrogen and oxygen atoms in total. The molecule has 2 rings (SSSR count). The van der Waals surface area contributed by atoms with Crippen LogP contribution >= 0.6 is 11.6 Å². The number of nitrogen functional groups attached to an aromatic ring is 1. The van der Waals surface area contributed by atoms with Crippen LogP contribution in [0.3, 0.4) is 0 Å². The molecule has 0 saturated carbocycles. The molecule has 2 aromatic rings. The van der Waals surface area contributed by atoms with Crippen molar-refractivity contribution in [3.8, 4) is 0 Å². The topological polar surface area (TPSA) is 46.3 Å². The highest BCUT2D eigenvalue weighted by Crippen LogP contribution is 2.27. The smallest absolute Gasteiger partial charge is 0.259 e. The van der Waals surface area contributed by atoms with Crippen molar-refractivity contribution in [2.24, 2.45) is 0 Å². The number of para-hydroxylation sites is 1. The standard InChI is InChI=1S/C15H14ClFN2O/c1-2-19(13-9-4-3-7-11(13)17)15(20)10-6-5-8-12(18)14(10)16/h3-9H,2,18H2,1H3. The first kappa shape index (κ1) is 14.3. The van der Waals surface area contributed by atoms with Crippen LogP contribution in [0.25, 0.3) is 0 Å². The zero-order chi connectivity index (χ0) is 14.7. The Kier molecular flexibility index (Phi) is 4.25. The number of nitrogens with two attached hydrogens (primary N) is 1. The number of halogens is 2. The minimum atomic E-state index is -0.456. The molecule has 0 heterocycles. The fourth-order valence-corrected chi connectivity index (χ4v) is 2.16. The van der Waals surface area contributed by atoms with Gasteiger partial charge in [0.25, 0.3) is 5.91 Å². The van der Waals surface area contributed by atoms with Crippen molar-refractivity contribution >= 4 is 28.9 Å². The summed E-state index contributed by atoms with van der Waals surface area (Å²) in [6.07, 6.45) is 0. The number of rotatable bonds is 3. The molecule has 0 aliphatic rings. The van der Waals surface area contributed by atoms with E-state index in [1.165, 1.54) is 11.0 Å². The fourth-order valence-electron chi connectivity index (χ4n) is 1.95. The first-order chi connectivity index (χ1) is 9.56. The van der Waals surface area contributed by atoms with Gasteiger partial charge in [-0.25, -0.2) is 4.39 Å². The molecule has 0 radical (unpaired) electrons. The Balaban J connectivity index is 2.45. The monoisotopic (exact) mass is 292 g/mol. The Morgan fingerprint density at radius 2 is 1.95 bits per heavy atom. The number of nitrogens with zero attached hydrogens (tertiary/aromatic N) is 1. The SMILES string of the molecule is CCN(C(=O)c1cccc(N)c1Cl)c1ccccc1F. The van der Waals surface area contributed by atoms with Crippen LogP contribution in [-0.2, 0) is 0 Å². The van der Waals surface area contributed by atoms with Gasteiger partial charge in [-0.1, -0.05) is 29.8 Å². The fraction of sp³-hybridized carbons (Fsp3) is 0.133. The number of benzene rings is 2. The highest BCUT2D eigenvalue weighted by molar-refractivity contribution is 6.36. The molecule has 0 aliphatic carbocycles. The van der Waals surface area contributed by atoms with Crippen LogP contribution in [0.4, 0.5) is 15.8 Å². The van der Waals surface area contributed by atoms with Gasteiger partial charge in [0.1, 0.15) is 5.82 Å². The summed E-state index contributed by atoms with van der Waals surface area (Å²) >= 11 is 6.05. The lowest BCUT2D eigenvalue weighted by atomic mass is 10.1. The minimum Gasteiger partial charge on any atom is -0.398 e. The van der Waals surface area contributed by atoms with E-state index in [4.69, 9.17) is 17.3 Å². The lowest BCUT2D eigenvalue weighted by molar-refractivity contribution is 0.0987. The molecule has 0 aromatic heterocycles. The maximum atomic E-state index is 13.8. The molecule has 0 atom stereocenters. The molecule has 2 N–H and O–H groups in total. The third kappa shape index (κ3) is 2.60. The Morgan fingerprint density at radius 1 is 1.25 bits per heavy atom. The van der Waals surface area contributed by atoms with Gasteiger partial charge in [-0.05, 0) is 31.2 Å². The van der Waals surface area contributed by atoms with Crippen LogP contribution in [0, 0.1) is 5.82 Å². The first-order valence-corrected chi connectivity index (χ1v) is 6.54. The van der Waals surface area contributed by atoms with E-state index in [-0.39, 0.29) is 22.2 Å². The molecular weight excluding hydrogens is 279 g/mol. The number of carbonyl (C=O) groups is 1. The van der Waals surface area contributed by atoms with E-state index >= 15 is 0 Å². The van der Waals surface area contributed by atoms with Crippen molar-refractivity contribution < 1.29 is 9.18 Å². The Hall–Kier alpha value is -2.07. The molecule has 0 aliphatic heterocycles. The zero-order valence-electron chi connectivity index (χ0n) is 10.9. The molecule has 5 heteroatoms. The van der Waals surface area contributed by atoms with E-state index in [0.29, 0.717) is 12.2 Å². The average Bonchev–Trinajstić information content (AvgIpc) is 2.44. The summed E-state index contributed by atoms with van der Waals surface area (Å²) in [5.41, 5.74) is 6.49. The van der Waals surface area contributed by atoms with Gasteiger partial charge in [-0.3, -0.25) is 4.79 Å². The van der Waals surface area contributed by atoms with Gasteiger partial charge in [-0.2, -0.15) is 0 Å². The Morgan fingerprint density at radius 3 is 2.60 bits per heavy atom. The largest absolute Gasteiger partial charge is 0.398 e. The van der Waals surface area contributed by atoms with E-state index in [2.05, 4.69) is 0 Å². The normalized spacial score (nSPS) is 10.3. The highest BCUT2D eigenvalue weighted by atomic mass is 35.5. The zero-order valence-corrected chi connectivity index (χ0v) is 11.7. The maximum Gasteiger partial charge on any atom is 0.259 e. The second-order valence-corrected chi connectivity index (χ2v) is 4.59. The predicted molar refractivity (Wildman–Crippen MR) is 79.6 cm³/mol. The number of anilines is 2. The van der Waals surface area contributed by atoms with Gasteiger partial charge in [0, 0.05) is 6.54 Å². The van der Waals surface area contributed by atoms with Crippen LogP contribution in [-0.4, -0.2) is 12.5 Å². The van der Waals surface area contributed by atoms with Crippen molar-refractivity contribution in [3.63, 3.8) is 0 Å². The second-order valence-electron chi connectivity index (χ2n) is 4.21. The van der Waals surface area contributed by atoms with Gasteiger partial charge in [0.05, 0.1) is 22.0 Å². The van der Waals surface area contributed by atoms with Crippen molar-refractivity contribution in [2.45, 2.75) is 6.92 Å². The van der Waals surface area contributed by atoms with Gasteiger partial charge < -0.3 is 10.6 Å². The molecular formula is C15H14ClFN2O. The van der Waals surface area contributed by atoms with Crippen LogP contribution < -0.4 is 10.6 Å². The third-order valence-corrected chi connectivity index (χ3v) is 3.39. The molecule has 20 heavy (non-hydrogen) atoms. The molecule has 0 spiro atoms. The predicted octanol–water partition coefficient (Wildman–Crippen LogP) is 3.73. The van der Waals surface area contributed by atoms with E-state index in [1.807, 2.05) is 0 Å². The molecule has 0 fully saturated rings. The van der Waals surface area contributed by atoms with E-state index < -0.39 is 5.82 Å². The van der Waals surface area contributed by atoms with Gasteiger partial charge in [-0.15, -0.1) is 0 Å². The summed E-state index contributed by atoms with van der Waals surface area (Å²) in [5.74, 6) is -0.836. The van der Waals surface area contributed by atoms with Crippen LogP contribution in [0.15, 0.2) is 42.5 Å². The highest BCUT2D eigenvalue weighted by Gasteiger charge is 2.21. The molecule has 0 bridgehead atoms. The maximum absolute atomic E-state index is 13.8. The summed E-state index contributed by atoms with van der Waals surface area (Å²) in [7, 11) is 0. The molecule has 0 saturated heterocycles. The molecule has 2 aromatic carbocycles. The molecule has 1 amide bonds. The average molecular weight is 293 g/mol. The molecule has 0 unspecified atom stereocenters. The van der Waals surface area contributed by atoms with Crippen molar-refractivity contribution in [1.82, 2.24) is 0 Å².